The van der Waals surface area contributed by atoms with Gasteiger partial charge in [0.05, 0.1) is 19.3 Å². The second-order valence-corrected chi connectivity index (χ2v) is 18.5. The van der Waals surface area contributed by atoms with Gasteiger partial charge in [0.15, 0.2) is 5.96 Å². The monoisotopic (exact) mass is 1060 g/mol. The van der Waals surface area contributed by atoms with Crippen LogP contribution in [0.15, 0.2) is 29.3 Å². The number of guanidine groups is 1. The van der Waals surface area contributed by atoms with Crippen molar-refractivity contribution in [2.45, 2.75) is 147 Å². The number of phenols is 1. The van der Waals surface area contributed by atoms with Crippen LogP contribution >= 0.6 is 0 Å². The van der Waals surface area contributed by atoms with Gasteiger partial charge in [0.1, 0.15) is 54.1 Å². The summed E-state index contributed by atoms with van der Waals surface area (Å²) in [5.74, 6) is -12.1. The van der Waals surface area contributed by atoms with Gasteiger partial charge >= 0.3 is 5.97 Å². The Morgan fingerprint density at radius 1 is 0.547 bits per heavy atom. The predicted octanol–water partition coefficient (Wildman–Crippen LogP) is -6.09. The summed E-state index contributed by atoms with van der Waals surface area (Å²) >= 11 is 0. The number of aliphatic hydroxyl groups excluding tert-OH is 2. The number of aliphatic hydroxyl groups is 2. The summed E-state index contributed by atoms with van der Waals surface area (Å²) in [5, 5.41) is 59.3. The summed E-state index contributed by atoms with van der Waals surface area (Å²) < 4.78 is 0. The number of carbonyl (C=O) groups is 11. The van der Waals surface area contributed by atoms with E-state index < -0.39 is 158 Å². The molecule has 10 amide bonds. The van der Waals surface area contributed by atoms with Crippen molar-refractivity contribution >= 4 is 71.0 Å². The Labute approximate surface area is 433 Å². The van der Waals surface area contributed by atoms with Crippen LogP contribution in [0.1, 0.15) is 91.5 Å². The molecule has 1 aromatic carbocycles. The summed E-state index contributed by atoms with van der Waals surface area (Å²) in [6.45, 7) is 6.48. The number of hydrogen-bond acceptors (Lipinski definition) is 16. The summed E-state index contributed by atoms with van der Waals surface area (Å²) in [4.78, 5) is 148. The van der Waals surface area contributed by atoms with E-state index in [0.717, 1.165) is 6.92 Å². The highest BCUT2D eigenvalue weighted by molar-refractivity contribution is 5.98. The lowest BCUT2D eigenvalue weighted by molar-refractivity contribution is -0.143. The molecule has 0 aliphatic rings. The number of aliphatic imine (C=N–C) groups is 1. The summed E-state index contributed by atoms with van der Waals surface area (Å²) in [7, 11) is 0. The number of nitrogens with two attached hydrogens (primary N) is 5. The molecular formula is C46H76N14O15. The summed E-state index contributed by atoms with van der Waals surface area (Å²) in [6, 6.07) is -7.10. The molecule has 0 saturated carbocycles. The number of nitrogens with zero attached hydrogens (tertiary/aromatic N) is 1. The minimum Gasteiger partial charge on any atom is -0.508 e. The molecule has 0 aliphatic carbocycles. The lowest BCUT2D eigenvalue weighted by atomic mass is 10.0. The van der Waals surface area contributed by atoms with Crippen LogP contribution < -0.4 is 71.2 Å². The molecule has 0 saturated heterocycles. The van der Waals surface area contributed by atoms with Crippen LogP contribution in [0.3, 0.4) is 0 Å². The van der Waals surface area contributed by atoms with Gasteiger partial charge in [-0.25, -0.2) is 4.79 Å². The maximum Gasteiger partial charge on any atom is 0.326 e. The average molecular weight is 1070 g/mol. The minimum absolute atomic E-state index is 0.00596. The van der Waals surface area contributed by atoms with Gasteiger partial charge in [-0.2, -0.15) is 0 Å². The number of hydrogen-bond donors (Lipinski definition) is 17. The fourth-order valence-electron chi connectivity index (χ4n) is 7.09. The van der Waals surface area contributed by atoms with E-state index in [1.807, 2.05) is 0 Å². The van der Waals surface area contributed by atoms with Crippen LogP contribution in [0, 0.1) is 11.8 Å². The van der Waals surface area contributed by atoms with Crippen molar-refractivity contribution in [2.75, 3.05) is 19.7 Å². The first-order valence-electron chi connectivity index (χ1n) is 24.1. The highest BCUT2D eigenvalue weighted by Crippen LogP contribution is 2.14. The van der Waals surface area contributed by atoms with Crippen molar-refractivity contribution in [3.8, 4) is 5.75 Å². The van der Waals surface area contributed by atoms with Crippen molar-refractivity contribution in [1.82, 2.24) is 42.5 Å². The van der Waals surface area contributed by atoms with Gasteiger partial charge in [0, 0.05) is 25.8 Å². The number of benzene rings is 1. The molecule has 0 aromatic heterocycles. The molecule has 9 atom stereocenters. The van der Waals surface area contributed by atoms with E-state index in [-0.39, 0.29) is 62.2 Å². The van der Waals surface area contributed by atoms with E-state index in [1.54, 1.807) is 27.7 Å². The highest BCUT2D eigenvalue weighted by atomic mass is 16.4. The van der Waals surface area contributed by atoms with Crippen molar-refractivity contribution in [2.24, 2.45) is 45.5 Å². The van der Waals surface area contributed by atoms with Crippen molar-refractivity contribution in [3.63, 3.8) is 0 Å². The number of primary amides is 2. The summed E-state index contributed by atoms with van der Waals surface area (Å²) in [5.41, 5.74) is 27.3. The number of phenolic OH excluding ortho intramolecular Hbond substituents is 1. The molecule has 29 heteroatoms. The van der Waals surface area contributed by atoms with E-state index in [9.17, 15) is 73.2 Å². The zero-order chi connectivity index (χ0) is 57.1. The Bertz CT molecular complexity index is 2150. The van der Waals surface area contributed by atoms with E-state index in [2.05, 4.69) is 47.5 Å². The number of rotatable bonds is 35. The van der Waals surface area contributed by atoms with Crippen molar-refractivity contribution in [3.05, 3.63) is 29.8 Å². The molecule has 1 aromatic rings. The zero-order valence-corrected chi connectivity index (χ0v) is 42.8. The molecule has 22 N–H and O–H groups in total. The van der Waals surface area contributed by atoms with Crippen molar-refractivity contribution in [1.29, 1.82) is 0 Å². The predicted molar refractivity (Wildman–Crippen MR) is 268 cm³/mol. The normalized spacial score (nSPS) is 14.6. The third kappa shape index (κ3) is 25.7. The minimum atomic E-state index is -1.83. The number of amides is 10. The smallest absolute Gasteiger partial charge is 0.326 e. The molecule has 0 fully saturated rings. The Kier molecular flexibility index (Phi) is 28.9. The van der Waals surface area contributed by atoms with Gasteiger partial charge in [0.2, 0.25) is 59.1 Å². The molecule has 0 radical (unpaired) electrons. The third-order valence-electron chi connectivity index (χ3n) is 11.0. The first kappa shape index (κ1) is 65.4. The van der Waals surface area contributed by atoms with Crippen LogP contribution in [-0.4, -0.2) is 166 Å². The maximum atomic E-state index is 13.9. The molecule has 0 heterocycles. The Morgan fingerprint density at radius 2 is 0.947 bits per heavy atom. The van der Waals surface area contributed by atoms with E-state index in [4.69, 9.17) is 28.7 Å². The first-order valence-corrected chi connectivity index (χ1v) is 24.1. The summed E-state index contributed by atoms with van der Waals surface area (Å²) in [6.07, 6.45) is -3.64. The lowest BCUT2D eigenvalue weighted by Crippen LogP contribution is -2.61. The molecule has 420 valence electrons. The van der Waals surface area contributed by atoms with Gasteiger partial charge in [-0.05, 0) is 75.0 Å². The van der Waals surface area contributed by atoms with E-state index in [0.29, 0.717) is 5.56 Å². The number of carboxylic acid groups (broad SMARTS) is 1. The van der Waals surface area contributed by atoms with Crippen LogP contribution in [0.4, 0.5) is 0 Å². The second-order valence-electron chi connectivity index (χ2n) is 18.5. The van der Waals surface area contributed by atoms with Crippen LogP contribution in [0.25, 0.3) is 0 Å². The van der Waals surface area contributed by atoms with E-state index in [1.165, 1.54) is 24.3 Å². The first-order chi connectivity index (χ1) is 35.1. The number of nitrogens with one attached hydrogen (secondary N) is 8. The number of aliphatic carboxylic acids is 1. The van der Waals surface area contributed by atoms with Gasteiger partial charge in [-0.3, -0.25) is 52.9 Å². The van der Waals surface area contributed by atoms with Crippen LogP contribution in [0.5, 0.6) is 5.75 Å². The molecule has 0 aliphatic heterocycles. The highest BCUT2D eigenvalue weighted by Gasteiger charge is 2.36. The maximum absolute atomic E-state index is 13.9. The Morgan fingerprint density at radius 3 is 1.35 bits per heavy atom. The molecule has 75 heavy (non-hydrogen) atoms. The number of carbonyl (C=O) groups excluding carboxylic acids is 10. The van der Waals surface area contributed by atoms with Gasteiger partial charge in [-0.15, -0.1) is 0 Å². The van der Waals surface area contributed by atoms with Crippen LogP contribution in [-0.2, 0) is 59.2 Å². The number of aromatic hydroxyl groups is 1. The van der Waals surface area contributed by atoms with Crippen LogP contribution in [0.2, 0.25) is 0 Å². The third-order valence-corrected chi connectivity index (χ3v) is 11.0. The second kappa shape index (κ2) is 33.2. The van der Waals surface area contributed by atoms with Crippen molar-refractivity contribution < 1.29 is 73.2 Å². The van der Waals surface area contributed by atoms with E-state index >= 15 is 0 Å². The van der Waals surface area contributed by atoms with Gasteiger partial charge < -0.3 is 91.6 Å². The van der Waals surface area contributed by atoms with Gasteiger partial charge in [0.25, 0.3) is 0 Å². The molecule has 0 unspecified atom stereocenters. The standard InChI is InChI=1S/C46H76N14O15/c1-22(2)17-30(56-38(67)27(53-36(66)20-47)7-6-16-52-46(50)51)41(70)54-28(12-14-34(48)64)39(68)59-33(21-61)43(72)57-31(18-23(3)4)42(71)55-29(13-15-35(49)65)40(69)60-37(24(5)62)44(73)58-32(45(74)75)19-25-8-10-26(63)11-9-25/h8-11,22-24,27-33,37,61-63H,6-7,12-21,47H2,1-5H3,(H2,48,64)(H2,49,65)(H,53,66)(H,54,70)(H,55,71)(H,56,67)(H,57,72)(H,58,73)(H,59,68)(H,60,69)(H,74,75)(H4,50,51,52)/t24-,27+,28+,29+,30+,31+,32+,33+,37+/m1/s1. The lowest BCUT2D eigenvalue weighted by Gasteiger charge is -2.28. The molecule has 0 bridgehead atoms. The molecule has 29 nitrogen and oxygen atoms in total. The molecule has 1 rings (SSSR count). The average Bonchev–Trinajstić information content (AvgIpc) is 3.32. The largest absolute Gasteiger partial charge is 0.508 e. The van der Waals surface area contributed by atoms with Gasteiger partial charge in [-0.1, -0.05) is 39.8 Å². The number of carboxylic acids is 1. The molecule has 0 spiro atoms. The fourth-order valence-corrected chi connectivity index (χ4v) is 7.09. The fraction of sp³-hybridized carbons (Fsp3) is 0.609. The zero-order valence-electron chi connectivity index (χ0n) is 42.8. The Hall–Kier alpha value is -7.66. The Balaban J connectivity index is 3.38. The topological polar surface area (TPSA) is 507 Å². The SMILES string of the molecule is CC(C)C[C@H](NC(=O)[C@H](CCCN=C(N)N)NC(=O)CN)C(=O)N[C@@H](CCC(N)=O)C(=O)N[C@@H](CO)C(=O)N[C@@H](CC(C)C)C(=O)N[C@@H](CCC(N)=O)C(=O)N[C@H](C(=O)N[C@@H](Cc1ccc(O)cc1)C(=O)O)[C@@H](C)O. The quantitative estimate of drug-likeness (QED) is 0.0171. The molecular weight excluding hydrogens is 989 g/mol.